The zero-order valence-electron chi connectivity index (χ0n) is 14.1. The summed E-state index contributed by atoms with van der Waals surface area (Å²) in [5.74, 6) is 0.557. The smallest absolute Gasteiger partial charge is 0.290 e. The predicted molar refractivity (Wildman–Crippen MR) is 92.2 cm³/mol. The van der Waals surface area contributed by atoms with Crippen LogP contribution in [0.2, 0.25) is 0 Å². The topological polar surface area (TPSA) is 61.6 Å². The quantitative estimate of drug-likeness (QED) is 0.904. The Hall–Kier alpha value is -2.18. The van der Waals surface area contributed by atoms with E-state index in [0.717, 1.165) is 39.3 Å². The van der Waals surface area contributed by atoms with E-state index in [1.165, 1.54) is 11.8 Å². The molecule has 130 valence electrons. The van der Waals surface area contributed by atoms with Crippen LogP contribution in [0.3, 0.4) is 0 Å². The van der Waals surface area contributed by atoms with E-state index >= 15 is 0 Å². The standard InChI is InChI=1S/C19H22N4O2/c24-18(16-6-7-20-25-16)21-17-14-10-22-8-9-23(11-14)13-19(17,12-22)15-4-2-1-3-5-15/h1-7,14,17H,8-13H2,(H,21,24)/t14?,17-,19?/m0/s1. The molecule has 4 fully saturated rings. The average molecular weight is 338 g/mol. The molecule has 2 unspecified atom stereocenters. The van der Waals surface area contributed by atoms with Crippen molar-refractivity contribution in [3.63, 3.8) is 0 Å². The van der Waals surface area contributed by atoms with Crippen LogP contribution in [0.1, 0.15) is 16.1 Å². The van der Waals surface area contributed by atoms with Crippen LogP contribution in [0.5, 0.6) is 0 Å². The molecule has 3 atom stereocenters. The first-order valence-corrected chi connectivity index (χ1v) is 8.96. The predicted octanol–water partition coefficient (Wildman–Crippen LogP) is 0.972. The molecular formula is C19H22N4O2. The highest BCUT2D eigenvalue weighted by Crippen LogP contribution is 2.43. The Morgan fingerprint density at radius 2 is 1.84 bits per heavy atom. The number of hydrogen-bond acceptors (Lipinski definition) is 5. The summed E-state index contributed by atoms with van der Waals surface area (Å²) in [6.45, 7) is 6.32. The summed E-state index contributed by atoms with van der Waals surface area (Å²) >= 11 is 0. The molecule has 6 rings (SSSR count). The number of rotatable bonds is 3. The van der Waals surface area contributed by atoms with E-state index in [9.17, 15) is 4.79 Å². The average Bonchev–Trinajstić information content (AvgIpc) is 3.05. The van der Waals surface area contributed by atoms with Crippen LogP contribution in [-0.2, 0) is 5.41 Å². The van der Waals surface area contributed by atoms with Crippen LogP contribution >= 0.6 is 0 Å². The third-order valence-electron chi connectivity index (χ3n) is 6.09. The molecule has 2 aromatic rings. The summed E-state index contributed by atoms with van der Waals surface area (Å²) in [5.41, 5.74) is 1.24. The monoisotopic (exact) mass is 338 g/mol. The largest absolute Gasteiger partial charge is 0.351 e. The van der Waals surface area contributed by atoms with Crippen LogP contribution in [0, 0.1) is 5.92 Å². The minimum atomic E-state index is -0.158. The molecule has 5 heterocycles. The maximum atomic E-state index is 12.7. The highest BCUT2D eigenvalue weighted by Gasteiger charge is 2.55. The minimum absolute atomic E-state index is 0.0748. The number of piperidine rings is 2. The van der Waals surface area contributed by atoms with Gasteiger partial charge in [-0.25, -0.2) is 0 Å². The van der Waals surface area contributed by atoms with E-state index in [1.807, 2.05) is 0 Å². The van der Waals surface area contributed by atoms with E-state index in [-0.39, 0.29) is 23.1 Å². The number of benzene rings is 1. The third-order valence-corrected chi connectivity index (χ3v) is 6.09. The lowest BCUT2D eigenvalue weighted by Gasteiger charge is -2.55. The lowest BCUT2D eigenvalue weighted by molar-refractivity contribution is 0.0173. The van der Waals surface area contributed by atoms with E-state index in [1.54, 1.807) is 6.07 Å². The molecule has 4 bridgehead atoms. The number of nitrogens with zero attached hydrogens (tertiary/aromatic N) is 3. The number of amides is 1. The van der Waals surface area contributed by atoms with Gasteiger partial charge >= 0.3 is 0 Å². The van der Waals surface area contributed by atoms with E-state index in [2.05, 4.69) is 50.6 Å². The Kier molecular flexibility index (Phi) is 3.43. The van der Waals surface area contributed by atoms with E-state index < -0.39 is 0 Å². The van der Waals surface area contributed by atoms with Crippen molar-refractivity contribution in [2.75, 3.05) is 39.3 Å². The first-order valence-electron chi connectivity index (χ1n) is 8.96. The van der Waals surface area contributed by atoms with Gasteiger partial charge in [-0.1, -0.05) is 35.5 Å². The van der Waals surface area contributed by atoms with Gasteiger partial charge < -0.3 is 19.6 Å². The molecule has 0 spiro atoms. The molecule has 1 aromatic carbocycles. The minimum Gasteiger partial charge on any atom is -0.351 e. The maximum Gasteiger partial charge on any atom is 0.290 e. The van der Waals surface area contributed by atoms with Gasteiger partial charge in [0.05, 0.1) is 6.20 Å². The molecular weight excluding hydrogens is 316 g/mol. The van der Waals surface area contributed by atoms with Crippen molar-refractivity contribution >= 4 is 5.91 Å². The second kappa shape index (κ2) is 5.68. The molecule has 25 heavy (non-hydrogen) atoms. The maximum absolute atomic E-state index is 12.7. The first kappa shape index (κ1) is 15.1. The van der Waals surface area contributed by atoms with Crippen molar-refractivity contribution < 1.29 is 9.32 Å². The van der Waals surface area contributed by atoms with Crippen molar-refractivity contribution in [3.8, 4) is 0 Å². The second-order valence-electron chi connectivity index (χ2n) is 7.58. The Labute approximate surface area is 146 Å². The molecule has 1 aromatic heterocycles. The lowest BCUT2D eigenvalue weighted by atomic mass is 9.64. The molecule has 1 amide bonds. The zero-order chi connectivity index (χ0) is 16.9. The third kappa shape index (κ3) is 2.40. The van der Waals surface area contributed by atoms with Crippen molar-refractivity contribution in [2.45, 2.75) is 11.5 Å². The Morgan fingerprint density at radius 1 is 1.12 bits per heavy atom. The van der Waals surface area contributed by atoms with Crippen molar-refractivity contribution in [1.82, 2.24) is 20.3 Å². The fraction of sp³-hybridized carbons (Fsp3) is 0.474. The normalized spacial score (nSPS) is 36.2. The van der Waals surface area contributed by atoms with Crippen molar-refractivity contribution in [3.05, 3.63) is 53.9 Å². The summed E-state index contributed by atoms with van der Waals surface area (Å²) in [6.07, 6.45) is 1.52. The number of carbonyl (C=O) groups is 1. The molecule has 0 aliphatic carbocycles. The molecule has 4 aliphatic rings. The fourth-order valence-corrected chi connectivity index (χ4v) is 5.11. The van der Waals surface area contributed by atoms with Crippen LogP contribution in [0.25, 0.3) is 0 Å². The Morgan fingerprint density at radius 3 is 2.48 bits per heavy atom. The lowest BCUT2D eigenvalue weighted by Crippen LogP contribution is -2.70. The van der Waals surface area contributed by atoms with Gasteiger partial charge in [-0.3, -0.25) is 4.79 Å². The van der Waals surface area contributed by atoms with Gasteiger partial charge in [0.1, 0.15) is 0 Å². The first-order chi connectivity index (χ1) is 12.2. The number of fused-ring (bicyclic) bond motifs is 1. The van der Waals surface area contributed by atoms with Crippen molar-refractivity contribution in [2.24, 2.45) is 5.92 Å². The highest BCUT2D eigenvalue weighted by molar-refractivity contribution is 5.91. The molecule has 0 radical (unpaired) electrons. The summed E-state index contributed by atoms with van der Waals surface area (Å²) < 4.78 is 5.07. The van der Waals surface area contributed by atoms with Gasteiger partial charge in [0.15, 0.2) is 0 Å². The van der Waals surface area contributed by atoms with Crippen LogP contribution < -0.4 is 5.32 Å². The summed E-state index contributed by atoms with van der Waals surface area (Å²) in [7, 11) is 0. The molecule has 6 heteroatoms. The summed E-state index contributed by atoms with van der Waals surface area (Å²) in [6, 6.07) is 12.4. The number of hydrogen-bond donors (Lipinski definition) is 1. The van der Waals surface area contributed by atoms with Crippen LogP contribution in [-0.4, -0.2) is 66.2 Å². The molecule has 4 aliphatic heterocycles. The SMILES string of the molecule is O=C(N[C@H]1C2CN3CCN(C2)CC1(c1ccccc1)C3)c1ccno1. The number of carbonyl (C=O) groups excluding carboxylic acids is 1. The zero-order valence-corrected chi connectivity index (χ0v) is 14.1. The second-order valence-corrected chi connectivity index (χ2v) is 7.58. The van der Waals surface area contributed by atoms with Gasteiger partial charge in [0.2, 0.25) is 5.76 Å². The molecule has 6 nitrogen and oxygen atoms in total. The van der Waals surface area contributed by atoms with Gasteiger partial charge in [-0.2, -0.15) is 0 Å². The molecule has 1 N–H and O–H groups in total. The van der Waals surface area contributed by atoms with Gasteiger partial charge in [0, 0.05) is 62.7 Å². The number of aromatic nitrogens is 1. The summed E-state index contributed by atoms with van der Waals surface area (Å²) in [5, 5.41) is 6.97. The molecule has 0 saturated carbocycles. The van der Waals surface area contributed by atoms with Crippen molar-refractivity contribution in [1.29, 1.82) is 0 Å². The van der Waals surface area contributed by atoms with E-state index in [4.69, 9.17) is 4.52 Å². The highest BCUT2D eigenvalue weighted by atomic mass is 16.5. The summed E-state index contributed by atoms with van der Waals surface area (Å²) in [4.78, 5) is 17.8. The van der Waals surface area contributed by atoms with E-state index in [0.29, 0.717) is 5.92 Å². The Bertz CT molecular complexity index is 745. The van der Waals surface area contributed by atoms with Gasteiger partial charge in [-0.05, 0) is 5.56 Å². The van der Waals surface area contributed by atoms with Crippen LogP contribution in [0.15, 0.2) is 47.1 Å². The molecule has 4 saturated heterocycles. The van der Waals surface area contributed by atoms with Crippen LogP contribution in [0.4, 0.5) is 0 Å². The number of nitrogens with one attached hydrogen (secondary N) is 1. The van der Waals surface area contributed by atoms with Gasteiger partial charge in [0.25, 0.3) is 5.91 Å². The Balaban J connectivity index is 1.55. The van der Waals surface area contributed by atoms with Gasteiger partial charge in [-0.15, -0.1) is 0 Å². The fourth-order valence-electron chi connectivity index (χ4n) is 5.11.